The molecule has 0 spiro atoms. The first-order chi connectivity index (χ1) is 12.9. The molecular weight excluding hydrogens is 409 g/mol. The van der Waals surface area contributed by atoms with Crippen LogP contribution < -0.4 is 5.56 Å². The van der Waals surface area contributed by atoms with E-state index in [0.29, 0.717) is 37.0 Å². The highest BCUT2D eigenvalue weighted by molar-refractivity contribution is 7.18. The monoisotopic (exact) mass is 419 g/mol. The lowest BCUT2D eigenvalue weighted by atomic mass is 10.1. The summed E-state index contributed by atoms with van der Waals surface area (Å²) in [5, 5.41) is 15.9. The number of rotatable bonds is 4. The van der Waals surface area contributed by atoms with Crippen LogP contribution in [0.5, 0.6) is 0 Å². The molecule has 0 aliphatic carbocycles. The van der Waals surface area contributed by atoms with Crippen molar-refractivity contribution in [3.05, 3.63) is 67.5 Å². The molecule has 0 unspecified atom stereocenters. The maximum atomic E-state index is 12.8. The van der Waals surface area contributed by atoms with Gasteiger partial charge in [-0.2, -0.15) is 5.10 Å². The van der Waals surface area contributed by atoms with Crippen molar-refractivity contribution < 1.29 is 9.90 Å². The van der Waals surface area contributed by atoms with Gasteiger partial charge in [-0.25, -0.2) is 9.67 Å². The molecule has 0 amide bonds. The maximum absolute atomic E-state index is 12.8. The minimum atomic E-state index is -1.01. The lowest BCUT2D eigenvalue weighted by Gasteiger charge is -2.08. The number of aliphatic carboxylic acids is 1. The molecule has 4 rings (SSSR count). The Labute approximate surface area is 166 Å². The van der Waals surface area contributed by atoms with Gasteiger partial charge < -0.3 is 5.11 Å². The van der Waals surface area contributed by atoms with E-state index in [-0.39, 0.29) is 18.5 Å². The highest BCUT2D eigenvalue weighted by atomic mass is 35.5. The van der Waals surface area contributed by atoms with Crippen molar-refractivity contribution in [2.24, 2.45) is 0 Å². The highest BCUT2D eigenvalue weighted by Crippen LogP contribution is 2.31. The molecule has 0 bridgehead atoms. The Bertz CT molecular complexity index is 1230. The molecule has 0 aliphatic heterocycles. The Balaban J connectivity index is 1.83. The van der Waals surface area contributed by atoms with E-state index in [4.69, 9.17) is 28.3 Å². The van der Waals surface area contributed by atoms with Crippen LogP contribution in [-0.4, -0.2) is 25.8 Å². The second-order valence-electron chi connectivity index (χ2n) is 5.87. The standard InChI is InChI=1S/C18H11Cl2N3O3S/c19-11-5-14-15(6-12(11)20)27-16(21-14)8-23-18(26)10-4-2-1-3-9(10)13(22-23)7-17(24)25/h1-6H,7-8H2,(H,24,25). The third-order valence-electron chi connectivity index (χ3n) is 4.02. The molecule has 136 valence electrons. The summed E-state index contributed by atoms with van der Waals surface area (Å²) in [4.78, 5) is 28.4. The van der Waals surface area contributed by atoms with Crippen LogP contribution in [0.4, 0.5) is 0 Å². The van der Waals surface area contributed by atoms with Gasteiger partial charge in [-0.1, -0.05) is 41.4 Å². The van der Waals surface area contributed by atoms with E-state index in [1.54, 1.807) is 36.4 Å². The normalized spacial score (nSPS) is 11.3. The topological polar surface area (TPSA) is 85.1 Å². The summed E-state index contributed by atoms with van der Waals surface area (Å²) >= 11 is 13.4. The van der Waals surface area contributed by atoms with Gasteiger partial charge in [-0.05, 0) is 18.2 Å². The smallest absolute Gasteiger partial charge is 0.309 e. The molecule has 4 aromatic rings. The van der Waals surface area contributed by atoms with Gasteiger partial charge >= 0.3 is 5.97 Å². The Kier molecular flexibility index (Phi) is 4.59. The Morgan fingerprint density at radius 1 is 1.15 bits per heavy atom. The first-order valence-electron chi connectivity index (χ1n) is 7.87. The fourth-order valence-corrected chi connectivity index (χ4v) is 4.21. The zero-order valence-corrected chi connectivity index (χ0v) is 16.0. The molecule has 0 saturated heterocycles. The minimum absolute atomic E-state index is 0.130. The van der Waals surface area contributed by atoms with Crippen molar-refractivity contribution in [2.75, 3.05) is 0 Å². The number of thiazole rings is 1. The largest absolute Gasteiger partial charge is 0.481 e. The molecule has 0 atom stereocenters. The number of carboxylic acids is 1. The van der Waals surface area contributed by atoms with Gasteiger partial charge in [0.25, 0.3) is 5.56 Å². The number of hydrogen-bond donors (Lipinski definition) is 1. The molecular formula is C18H11Cl2N3O3S. The van der Waals surface area contributed by atoms with Crippen LogP contribution >= 0.6 is 34.5 Å². The Morgan fingerprint density at radius 2 is 1.85 bits per heavy atom. The van der Waals surface area contributed by atoms with Crippen LogP contribution in [0.3, 0.4) is 0 Å². The zero-order chi connectivity index (χ0) is 19.1. The lowest BCUT2D eigenvalue weighted by molar-refractivity contribution is -0.136. The summed E-state index contributed by atoms with van der Waals surface area (Å²) in [6.45, 7) is 0.130. The predicted octanol–water partition coefficient (Wildman–Crippen LogP) is 3.99. The summed E-state index contributed by atoms with van der Waals surface area (Å²) in [6.07, 6.45) is -0.272. The molecule has 2 aromatic heterocycles. The molecule has 0 fully saturated rings. The number of halogens is 2. The minimum Gasteiger partial charge on any atom is -0.481 e. The van der Waals surface area contributed by atoms with Gasteiger partial charge in [0.05, 0.1) is 44.3 Å². The number of carbonyl (C=O) groups is 1. The van der Waals surface area contributed by atoms with Crippen molar-refractivity contribution in [1.29, 1.82) is 0 Å². The van der Waals surface area contributed by atoms with Gasteiger partial charge in [-0.15, -0.1) is 11.3 Å². The molecule has 27 heavy (non-hydrogen) atoms. The number of aromatic nitrogens is 3. The number of fused-ring (bicyclic) bond motifs is 2. The number of hydrogen-bond acceptors (Lipinski definition) is 5. The van der Waals surface area contributed by atoms with Crippen LogP contribution in [0.1, 0.15) is 10.7 Å². The molecule has 9 heteroatoms. The fraction of sp³-hybridized carbons (Fsp3) is 0.111. The van der Waals surface area contributed by atoms with E-state index >= 15 is 0 Å². The molecule has 6 nitrogen and oxygen atoms in total. The second kappa shape index (κ2) is 6.92. The Hall–Kier alpha value is -2.48. The summed E-state index contributed by atoms with van der Waals surface area (Å²) in [5.41, 5.74) is 0.726. The van der Waals surface area contributed by atoms with Gasteiger partial charge in [0.1, 0.15) is 5.01 Å². The molecule has 0 saturated carbocycles. The van der Waals surface area contributed by atoms with Crippen molar-refractivity contribution in [1.82, 2.24) is 14.8 Å². The third-order valence-corrected chi connectivity index (χ3v) is 5.75. The lowest BCUT2D eigenvalue weighted by Crippen LogP contribution is -2.26. The SMILES string of the molecule is O=C(O)Cc1nn(Cc2nc3cc(Cl)c(Cl)cc3s2)c(=O)c2ccccc12. The van der Waals surface area contributed by atoms with Crippen molar-refractivity contribution in [2.45, 2.75) is 13.0 Å². The van der Waals surface area contributed by atoms with E-state index in [1.807, 2.05) is 0 Å². The number of carboxylic acid groups (broad SMARTS) is 1. The van der Waals surface area contributed by atoms with E-state index in [1.165, 1.54) is 16.0 Å². The van der Waals surface area contributed by atoms with Crippen LogP contribution in [0.15, 0.2) is 41.2 Å². The van der Waals surface area contributed by atoms with E-state index in [9.17, 15) is 9.59 Å². The first kappa shape index (κ1) is 17.9. The summed E-state index contributed by atoms with van der Waals surface area (Å²) in [5.74, 6) is -1.01. The zero-order valence-electron chi connectivity index (χ0n) is 13.6. The predicted molar refractivity (Wildman–Crippen MR) is 106 cm³/mol. The highest BCUT2D eigenvalue weighted by Gasteiger charge is 2.15. The molecule has 0 radical (unpaired) electrons. The average Bonchev–Trinajstić information content (AvgIpc) is 3.00. The van der Waals surface area contributed by atoms with Crippen molar-refractivity contribution >= 4 is 61.5 Å². The van der Waals surface area contributed by atoms with E-state index in [2.05, 4.69) is 10.1 Å². The number of nitrogens with zero attached hydrogens (tertiary/aromatic N) is 3. The Morgan fingerprint density at radius 3 is 2.59 bits per heavy atom. The van der Waals surface area contributed by atoms with Crippen LogP contribution in [0.25, 0.3) is 21.0 Å². The van der Waals surface area contributed by atoms with Crippen LogP contribution in [0, 0.1) is 0 Å². The fourth-order valence-electron chi connectivity index (χ4n) is 2.85. The van der Waals surface area contributed by atoms with Gasteiger partial charge in [0, 0.05) is 5.39 Å². The molecule has 2 aromatic carbocycles. The third kappa shape index (κ3) is 3.41. The molecule has 0 aliphatic rings. The van der Waals surface area contributed by atoms with E-state index in [0.717, 1.165) is 4.70 Å². The average molecular weight is 420 g/mol. The van der Waals surface area contributed by atoms with Crippen molar-refractivity contribution in [3.63, 3.8) is 0 Å². The van der Waals surface area contributed by atoms with E-state index < -0.39 is 5.97 Å². The van der Waals surface area contributed by atoms with Crippen LogP contribution in [-0.2, 0) is 17.8 Å². The summed E-state index contributed by atoms with van der Waals surface area (Å²) < 4.78 is 2.10. The van der Waals surface area contributed by atoms with Crippen LogP contribution in [0.2, 0.25) is 10.0 Å². The van der Waals surface area contributed by atoms with Crippen molar-refractivity contribution in [3.8, 4) is 0 Å². The first-order valence-corrected chi connectivity index (χ1v) is 9.44. The molecule has 2 heterocycles. The van der Waals surface area contributed by atoms with Gasteiger partial charge in [-0.3, -0.25) is 9.59 Å². The van der Waals surface area contributed by atoms with Gasteiger partial charge in [0.2, 0.25) is 0 Å². The quantitative estimate of drug-likeness (QED) is 0.540. The summed E-state index contributed by atoms with van der Waals surface area (Å²) in [6, 6.07) is 10.3. The summed E-state index contributed by atoms with van der Waals surface area (Å²) in [7, 11) is 0. The second-order valence-corrected chi connectivity index (χ2v) is 7.80. The van der Waals surface area contributed by atoms with Gasteiger partial charge in [0.15, 0.2) is 0 Å². The maximum Gasteiger partial charge on any atom is 0.309 e. The number of benzene rings is 2. The molecule has 1 N–H and O–H groups in total.